The Kier molecular flexibility index (Phi) is 3.44. The number of piperidine rings is 1. The highest BCUT2D eigenvalue weighted by Crippen LogP contribution is 2.27. The van der Waals surface area contributed by atoms with Crippen LogP contribution in [0.25, 0.3) is 0 Å². The van der Waals surface area contributed by atoms with Crippen molar-refractivity contribution in [1.29, 1.82) is 0 Å². The monoisotopic (exact) mass is 223 g/mol. The summed E-state index contributed by atoms with van der Waals surface area (Å²) in [5.74, 6) is -0.117. The van der Waals surface area contributed by atoms with Crippen LogP contribution in [0.1, 0.15) is 24.0 Å². The maximum Gasteiger partial charge on any atom is 0.167 e. The van der Waals surface area contributed by atoms with Crippen molar-refractivity contribution >= 4 is 0 Å². The van der Waals surface area contributed by atoms with E-state index in [0.717, 1.165) is 31.5 Å². The van der Waals surface area contributed by atoms with Gasteiger partial charge in [0.05, 0.1) is 0 Å². The van der Waals surface area contributed by atoms with E-state index in [-0.39, 0.29) is 5.75 Å². The van der Waals surface area contributed by atoms with Crippen molar-refractivity contribution in [3.05, 3.63) is 29.1 Å². The van der Waals surface area contributed by atoms with Gasteiger partial charge in [0.15, 0.2) is 11.6 Å². The van der Waals surface area contributed by atoms with Gasteiger partial charge in [-0.05, 0) is 56.3 Å². The Hall–Kier alpha value is -1.09. The topological polar surface area (TPSA) is 32.3 Å². The summed E-state index contributed by atoms with van der Waals surface area (Å²) in [5, 5.41) is 13.0. The quantitative estimate of drug-likeness (QED) is 0.806. The van der Waals surface area contributed by atoms with E-state index in [1.165, 1.54) is 6.42 Å². The van der Waals surface area contributed by atoms with E-state index in [0.29, 0.717) is 11.5 Å². The molecule has 0 bridgehead atoms. The molecule has 0 radical (unpaired) electrons. The lowest BCUT2D eigenvalue weighted by molar-refractivity contribution is 0.365. The summed E-state index contributed by atoms with van der Waals surface area (Å²) in [5.41, 5.74) is 1.24. The smallest absolute Gasteiger partial charge is 0.167 e. The molecule has 1 unspecified atom stereocenters. The SMILES string of the molecule is Cc1ccc(CC2CCCNC2)c(O)c1F. The van der Waals surface area contributed by atoms with Crippen LogP contribution in [0, 0.1) is 18.7 Å². The fourth-order valence-corrected chi connectivity index (χ4v) is 2.28. The first kappa shape index (κ1) is 11.4. The Morgan fingerprint density at radius 3 is 3.00 bits per heavy atom. The lowest BCUT2D eigenvalue weighted by Gasteiger charge is -2.23. The van der Waals surface area contributed by atoms with Gasteiger partial charge in [-0.1, -0.05) is 12.1 Å². The number of phenols is 1. The summed E-state index contributed by atoms with van der Waals surface area (Å²) in [6.07, 6.45) is 3.08. The van der Waals surface area contributed by atoms with E-state index in [4.69, 9.17) is 0 Å². The minimum absolute atomic E-state index is 0.162. The minimum atomic E-state index is -0.471. The Morgan fingerprint density at radius 1 is 1.50 bits per heavy atom. The Morgan fingerprint density at radius 2 is 2.31 bits per heavy atom. The molecule has 2 nitrogen and oxygen atoms in total. The molecule has 1 fully saturated rings. The molecule has 1 atom stereocenters. The van der Waals surface area contributed by atoms with Gasteiger partial charge in [-0.25, -0.2) is 4.39 Å². The summed E-state index contributed by atoms with van der Waals surface area (Å²) >= 11 is 0. The number of rotatable bonds is 2. The molecule has 1 saturated heterocycles. The van der Waals surface area contributed by atoms with Gasteiger partial charge in [-0.2, -0.15) is 0 Å². The first-order chi connectivity index (χ1) is 7.68. The average Bonchev–Trinajstić information content (AvgIpc) is 2.31. The van der Waals surface area contributed by atoms with E-state index >= 15 is 0 Å². The van der Waals surface area contributed by atoms with Crippen LogP contribution in [0.2, 0.25) is 0 Å². The maximum atomic E-state index is 13.5. The van der Waals surface area contributed by atoms with Crippen molar-refractivity contribution in [1.82, 2.24) is 5.32 Å². The van der Waals surface area contributed by atoms with Crippen LogP contribution in [0.3, 0.4) is 0 Å². The van der Waals surface area contributed by atoms with Crippen molar-refractivity contribution in [3.8, 4) is 5.75 Å². The predicted molar refractivity (Wildman–Crippen MR) is 62.1 cm³/mol. The van der Waals surface area contributed by atoms with Crippen LogP contribution in [-0.2, 0) is 6.42 Å². The lowest BCUT2D eigenvalue weighted by Crippen LogP contribution is -2.30. The van der Waals surface area contributed by atoms with E-state index < -0.39 is 5.82 Å². The fourth-order valence-electron chi connectivity index (χ4n) is 2.28. The molecule has 88 valence electrons. The molecule has 3 heteroatoms. The third-order valence-corrected chi connectivity index (χ3v) is 3.30. The zero-order valence-electron chi connectivity index (χ0n) is 9.59. The number of halogens is 1. The van der Waals surface area contributed by atoms with Crippen LogP contribution in [0.4, 0.5) is 4.39 Å². The Balaban J connectivity index is 2.11. The summed E-state index contributed by atoms with van der Waals surface area (Å²) in [6.45, 7) is 3.71. The number of benzene rings is 1. The van der Waals surface area contributed by atoms with Gasteiger partial charge >= 0.3 is 0 Å². The number of aryl methyl sites for hydroxylation is 1. The normalized spacial score (nSPS) is 21.0. The van der Waals surface area contributed by atoms with E-state index in [1.807, 2.05) is 6.07 Å². The first-order valence-corrected chi connectivity index (χ1v) is 5.86. The van der Waals surface area contributed by atoms with Gasteiger partial charge in [-0.3, -0.25) is 0 Å². The summed E-state index contributed by atoms with van der Waals surface area (Å²) in [7, 11) is 0. The predicted octanol–water partition coefficient (Wildman–Crippen LogP) is 2.38. The van der Waals surface area contributed by atoms with Gasteiger partial charge in [0.25, 0.3) is 0 Å². The second-order valence-electron chi connectivity index (χ2n) is 4.62. The van der Waals surface area contributed by atoms with Crippen LogP contribution < -0.4 is 5.32 Å². The Labute approximate surface area is 95.5 Å². The molecule has 1 aliphatic rings. The van der Waals surface area contributed by atoms with Crippen molar-refractivity contribution in [2.45, 2.75) is 26.2 Å². The molecule has 0 amide bonds. The van der Waals surface area contributed by atoms with Crippen molar-refractivity contribution in [2.24, 2.45) is 5.92 Å². The number of hydrogen-bond acceptors (Lipinski definition) is 2. The molecule has 2 rings (SSSR count). The average molecular weight is 223 g/mol. The van der Waals surface area contributed by atoms with Crippen molar-refractivity contribution < 1.29 is 9.50 Å². The van der Waals surface area contributed by atoms with Crippen LogP contribution in [0.5, 0.6) is 5.75 Å². The second-order valence-corrected chi connectivity index (χ2v) is 4.62. The molecule has 1 aromatic rings. The molecule has 0 spiro atoms. The summed E-state index contributed by atoms with van der Waals surface area (Å²) in [4.78, 5) is 0. The molecule has 0 saturated carbocycles. The van der Waals surface area contributed by atoms with Crippen molar-refractivity contribution in [3.63, 3.8) is 0 Å². The molecule has 16 heavy (non-hydrogen) atoms. The fraction of sp³-hybridized carbons (Fsp3) is 0.538. The second kappa shape index (κ2) is 4.83. The highest BCUT2D eigenvalue weighted by molar-refractivity contribution is 5.38. The highest BCUT2D eigenvalue weighted by atomic mass is 19.1. The van der Waals surface area contributed by atoms with E-state index in [2.05, 4.69) is 5.32 Å². The third kappa shape index (κ3) is 2.35. The van der Waals surface area contributed by atoms with Gasteiger partial charge in [-0.15, -0.1) is 0 Å². The zero-order chi connectivity index (χ0) is 11.5. The third-order valence-electron chi connectivity index (χ3n) is 3.30. The highest BCUT2D eigenvalue weighted by Gasteiger charge is 2.17. The summed E-state index contributed by atoms with van der Waals surface area (Å²) < 4.78 is 13.5. The molecule has 0 aliphatic carbocycles. The zero-order valence-corrected chi connectivity index (χ0v) is 9.59. The van der Waals surface area contributed by atoms with Gasteiger partial charge < -0.3 is 10.4 Å². The van der Waals surface area contributed by atoms with Gasteiger partial charge in [0, 0.05) is 0 Å². The molecule has 1 aliphatic heterocycles. The van der Waals surface area contributed by atoms with Gasteiger partial charge in [0.1, 0.15) is 0 Å². The van der Waals surface area contributed by atoms with Gasteiger partial charge in [0.2, 0.25) is 0 Å². The molecule has 2 N–H and O–H groups in total. The van der Waals surface area contributed by atoms with Crippen LogP contribution >= 0.6 is 0 Å². The minimum Gasteiger partial charge on any atom is -0.505 e. The number of hydrogen-bond donors (Lipinski definition) is 2. The van der Waals surface area contributed by atoms with E-state index in [9.17, 15) is 9.50 Å². The summed E-state index contributed by atoms with van der Waals surface area (Å²) in [6, 6.07) is 3.57. The standard InChI is InChI=1S/C13H18FNO/c1-9-4-5-11(13(16)12(9)14)7-10-3-2-6-15-8-10/h4-5,10,15-16H,2-3,6-8H2,1H3. The largest absolute Gasteiger partial charge is 0.505 e. The molecular formula is C13H18FNO. The van der Waals surface area contributed by atoms with Crippen LogP contribution in [0.15, 0.2) is 12.1 Å². The first-order valence-electron chi connectivity index (χ1n) is 5.86. The molecule has 0 aromatic heterocycles. The Bertz CT molecular complexity index is 372. The van der Waals surface area contributed by atoms with Crippen molar-refractivity contribution in [2.75, 3.05) is 13.1 Å². The maximum absolute atomic E-state index is 13.5. The number of phenolic OH excluding ortho intramolecular Hbond substituents is 1. The number of nitrogens with one attached hydrogen (secondary N) is 1. The van der Waals surface area contributed by atoms with E-state index in [1.54, 1.807) is 13.0 Å². The molecular weight excluding hydrogens is 205 g/mol. The number of aromatic hydroxyl groups is 1. The van der Waals surface area contributed by atoms with Crippen LogP contribution in [-0.4, -0.2) is 18.2 Å². The molecule has 1 heterocycles. The molecule has 1 aromatic carbocycles. The lowest BCUT2D eigenvalue weighted by atomic mass is 9.91.